The predicted molar refractivity (Wildman–Crippen MR) is 104 cm³/mol. The lowest BCUT2D eigenvalue weighted by molar-refractivity contribution is 0.0473. The smallest absolute Gasteiger partial charge is 0.338 e. The van der Waals surface area contributed by atoms with Crippen LogP contribution in [0.15, 0.2) is 62.6 Å². The molecule has 0 aliphatic heterocycles. The zero-order valence-corrected chi connectivity index (χ0v) is 16.2. The molecule has 0 amide bonds. The summed E-state index contributed by atoms with van der Waals surface area (Å²) in [4.78, 5) is 24.1. The minimum Gasteiger partial charge on any atom is -0.457 e. The largest absolute Gasteiger partial charge is 0.457 e. The number of carbonyl (C=O) groups is 1. The van der Waals surface area contributed by atoms with Crippen molar-refractivity contribution in [1.29, 1.82) is 0 Å². The summed E-state index contributed by atoms with van der Waals surface area (Å²) in [6, 6.07) is 12.2. The fourth-order valence-electron chi connectivity index (χ4n) is 2.73. The molecule has 7 nitrogen and oxygen atoms in total. The third-order valence-corrected chi connectivity index (χ3v) is 5.76. The van der Waals surface area contributed by atoms with Crippen LogP contribution in [0.25, 0.3) is 11.0 Å². The van der Waals surface area contributed by atoms with E-state index in [0.717, 1.165) is 12.0 Å². The summed E-state index contributed by atoms with van der Waals surface area (Å²) in [5.74, 6) is -0.625. The topological polar surface area (TPSA) is 103 Å². The van der Waals surface area contributed by atoms with Gasteiger partial charge < -0.3 is 9.15 Å². The molecule has 0 fully saturated rings. The Hall–Kier alpha value is -2.97. The number of fused-ring (bicyclic) bond motifs is 1. The Kier molecular flexibility index (Phi) is 5.62. The number of sulfonamides is 1. The number of benzene rings is 2. The molecule has 28 heavy (non-hydrogen) atoms. The first-order valence-corrected chi connectivity index (χ1v) is 10.1. The number of hydrogen-bond donors (Lipinski definition) is 1. The molecule has 0 radical (unpaired) electrons. The van der Waals surface area contributed by atoms with Gasteiger partial charge in [-0.1, -0.05) is 19.1 Å². The molecule has 0 aliphatic carbocycles. The van der Waals surface area contributed by atoms with Crippen LogP contribution >= 0.6 is 0 Å². The third-order valence-electron chi connectivity index (χ3n) is 4.33. The summed E-state index contributed by atoms with van der Waals surface area (Å²) >= 11 is 0. The molecule has 1 N–H and O–H groups in total. The molecule has 0 saturated heterocycles. The fourth-order valence-corrected chi connectivity index (χ4v) is 3.46. The van der Waals surface area contributed by atoms with Gasteiger partial charge in [-0.15, -0.1) is 0 Å². The van der Waals surface area contributed by atoms with Crippen molar-refractivity contribution < 1.29 is 22.4 Å². The maximum Gasteiger partial charge on any atom is 0.338 e. The van der Waals surface area contributed by atoms with E-state index >= 15 is 0 Å². The number of nitrogens with one attached hydrogen (secondary N) is 1. The van der Waals surface area contributed by atoms with Gasteiger partial charge in [-0.2, -0.15) is 0 Å². The lowest BCUT2D eigenvalue weighted by Gasteiger charge is -2.09. The second kappa shape index (κ2) is 7.95. The first-order chi connectivity index (χ1) is 13.3. The van der Waals surface area contributed by atoms with Crippen molar-refractivity contribution in [2.45, 2.75) is 24.8 Å². The highest BCUT2D eigenvalue weighted by Gasteiger charge is 2.14. The highest BCUT2D eigenvalue weighted by molar-refractivity contribution is 7.89. The van der Waals surface area contributed by atoms with Crippen LogP contribution < -0.4 is 10.3 Å². The minimum absolute atomic E-state index is 0.0462. The highest BCUT2D eigenvalue weighted by atomic mass is 32.2. The molecule has 3 aromatic rings. The van der Waals surface area contributed by atoms with Crippen LogP contribution in [0.4, 0.5) is 0 Å². The Bertz CT molecular complexity index is 1180. The van der Waals surface area contributed by atoms with Crippen molar-refractivity contribution in [2.24, 2.45) is 0 Å². The predicted octanol–water partition coefficient (Wildman–Crippen LogP) is 2.62. The van der Waals surface area contributed by atoms with Crippen LogP contribution in [-0.4, -0.2) is 21.4 Å². The SMILES string of the molecule is CCc1ccc2c(COC(=O)c3ccc(S(=O)(=O)NC)cc3)cc(=O)oc2c1. The monoisotopic (exact) mass is 401 g/mol. The van der Waals surface area contributed by atoms with Gasteiger partial charge >= 0.3 is 11.6 Å². The van der Waals surface area contributed by atoms with Gasteiger partial charge in [0.05, 0.1) is 10.5 Å². The number of hydrogen-bond acceptors (Lipinski definition) is 6. The molecule has 0 unspecified atom stereocenters. The van der Waals surface area contributed by atoms with Gasteiger partial charge in [0, 0.05) is 17.0 Å². The number of carbonyl (C=O) groups excluding carboxylic acids is 1. The van der Waals surface area contributed by atoms with Crippen LogP contribution in [0.5, 0.6) is 0 Å². The van der Waals surface area contributed by atoms with Gasteiger partial charge in [-0.05, 0) is 49.4 Å². The first-order valence-electron chi connectivity index (χ1n) is 8.60. The van der Waals surface area contributed by atoms with E-state index in [-0.39, 0.29) is 17.1 Å². The Morgan fingerprint density at radius 2 is 1.82 bits per heavy atom. The van der Waals surface area contributed by atoms with Crippen molar-refractivity contribution in [1.82, 2.24) is 4.72 Å². The Balaban J connectivity index is 1.80. The summed E-state index contributed by atoms with van der Waals surface area (Å²) in [7, 11) is -2.27. The Morgan fingerprint density at radius 1 is 1.11 bits per heavy atom. The molecule has 3 rings (SSSR count). The van der Waals surface area contributed by atoms with E-state index in [2.05, 4.69) is 4.72 Å². The van der Waals surface area contributed by atoms with E-state index in [1.54, 1.807) is 6.07 Å². The van der Waals surface area contributed by atoms with Crippen LogP contribution in [0.3, 0.4) is 0 Å². The molecular formula is C20H19NO6S. The van der Waals surface area contributed by atoms with E-state index in [1.807, 2.05) is 19.1 Å². The van der Waals surface area contributed by atoms with Crippen LogP contribution in [-0.2, 0) is 27.8 Å². The molecule has 0 aliphatic rings. The molecular weight excluding hydrogens is 382 g/mol. The zero-order valence-electron chi connectivity index (χ0n) is 15.4. The number of ether oxygens (including phenoxy) is 1. The van der Waals surface area contributed by atoms with Crippen molar-refractivity contribution in [3.63, 3.8) is 0 Å². The van der Waals surface area contributed by atoms with Gasteiger partial charge in [0.2, 0.25) is 10.0 Å². The second-order valence-electron chi connectivity index (χ2n) is 6.08. The number of aryl methyl sites for hydroxylation is 1. The highest BCUT2D eigenvalue weighted by Crippen LogP contribution is 2.20. The van der Waals surface area contributed by atoms with Gasteiger partial charge in [0.25, 0.3) is 0 Å². The molecule has 8 heteroatoms. The lowest BCUT2D eigenvalue weighted by Crippen LogP contribution is -2.18. The van der Waals surface area contributed by atoms with Crippen LogP contribution in [0.1, 0.15) is 28.4 Å². The third kappa shape index (κ3) is 4.13. The Labute approximate surface area is 162 Å². The molecule has 0 bridgehead atoms. The van der Waals surface area contributed by atoms with Gasteiger partial charge in [-0.3, -0.25) is 0 Å². The van der Waals surface area contributed by atoms with Gasteiger partial charge in [0.15, 0.2) is 0 Å². The quantitative estimate of drug-likeness (QED) is 0.503. The lowest BCUT2D eigenvalue weighted by atomic mass is 10.1. The first kappa shape index (κ1) is 19.8. The summed E-state index contributed by atoms with van der Waals surface area (Å²) in [5.41, 5.74) is 1.70. The van der Waals surface area contributed by atoms with Crippen molar-refractivity contribution in [3.8, 4) is 0 Å². The molecule has 1 heterocycles. The number of rotatable bonds is 6. The molecule has 2 aromatic carbocycles. The standard InChI is InChI=1S/C20H19NO6S/c1-3-13-4-9-17-15(11-19(22)27-18(17)10-13)12-26-20(23)14-5-7-16(8-6-14)28(24,25)21-2/h4-11,21H,3,12H2,1-2H3. The Morgan fingerprint density at radius 3 is 2.46 bits per heavy atom. The zero-order chi connectivity index (χ0) is 20.3. The van der Waals surface area contributed by atoms with Crippen molar-refractivity contribution >= 4 is 27.0 Å². The average Bonchev–Trinajstić information content (AvgIpc) is 2.71. The maximum absolute atomic E-state index is 12.3. The van der Waals surface area contributed by atoms with Gasteiger partial charge in [-0.25, -0.2) is 22.7 Å². The summed E-state index contributed by atoms with van der Waals surface area (Å²) in [5, 5.41) is 0.695. The number of esters is 1. The van der Waals surface area contributed by atoms with E-state index in [0.29, 0.717) is 16.5 Å². The van der Waals surface area contributed by atoms with Crippen molar-refractivity contribution in [3.05, 3.63) is 75.6 Å². The fraction of sp³-hybridized carbons (Fsp3) is 0.200. The van der Waals surface area contributed by atoms with Gasteiger partial charge in [0.1, 0.15) is 12.2 Å². The molecule has 0 saturated carbocycles. The van der Waals surface area contributed by atoms with Crippen LogP contribution in [0.2, 0.25) is 0 Å². The average molecular weight is 401 g/mol. The van der Waals surface area contributed by atoms with E-state index in [9.17, 15) is 18.0 Å². The molecule has 0 spiro atoms. The summed E-state index contributed by atoms with van der Waals surface area (Å²) in [6.07, 6.45) is 0.804. The molecule has 146 valence electrons. The minimum atomic E-state index is -3.58. The van der Waals surface area contributed by atoms with E-state index in [1.165, 1.54) is 37.4 Å². The normalized spacial score (nSPS) is 11.5. The van der Waals surface area contributed by atoms with Crippen LogP contribution in [0, 0.1) is 0 Å². The van der Waals surface area contributed by atoms with E-state index < -0.39 is 21.6 Å². The maximum atomic E-state index is 12.3. The molecule has 0 atom stereocenters. The summed E-state index contributed by atoms with van der Waals surface area (Å²) in [6.45, 7) is 1.89. The molecule has 1 aromatic heterocycles. The van der Waals surface area contributed by atoms with Crippen molar-refractivity contribution in [2.75, 3.05) is 7.05 Å². The summed E-state index contributed by atoms with van der Waals surface area (Å²) < 4.78 is 36.2. The second-order valence-corrected chi connectivity index (χ2v) is 7.97. The van der Waals surface area contributed by atoms with E-state index in [4.69, 9.17) is 9.15 Å².